The molecular formula is C15H30O5S. The Hall–Kier alpha value is 0.150. The summed E-state index contributed by atoms with van der Waals surface area (Å²) in [7, 11) is 0. The van der Waals surface area contributed by atoms with Crippen LogP contribution in [0.2, 0.25) is 0 Å². The standard InChI is InChI=1S/C15H30O5S/c1-2-3-4-5-6-7-8-9-21-15-14(19)13(18)12(17)11(10-16)20-15/h11-19H,2-10H2,1H3/t11-,12-,13+,14-,15?/m1/s1. The average Bonchev–Trinajstić information content (AvgIpc) is 2.49. The molecule has 0 amide bonds. The van der Waals surface area contributed by atoms with Gasteiger partial charge < -0.3 is 25.2 Å². The summed E-state index contributed by atoms with van der Waals surface area (Å²) in [6.07, 6.45) is 4.14. The molecule has 1 saturated heterocycles. The van der Waals surface area contributed by atoms with Crippen LogP contribution in [0.3, 0.4) is 0 Å². The number of rotatable bonds is 10. The molecule has 1 aliphatic rings. The molecule has 1 unspecified atom stereocenters. The lowest BCUT2D eigenvalue weighted by Gasteiger charge is -2.39. The molecule has 5 atom stereocenters. The van der Waals surface area contributed by atoms with Crippen LogP contribution in [-0.2, 0) is 4.74 Å². The van der Waals surface area contributed by atoms with Gasteiger partial charge in [-0.25, -0.2) is 0 Å². The summed E-state index contributed by atoms with van der Waals surface area (Å²) in [6.45, 7) is 1.84. The van der Waals surface area contributed by atoms with E-state index in [1.165, 1.54) is 43.9 Å². The van der Waals surface area contributed by atoms with Gasteiger partial charge in [0.05, 0.1) is 6.61 Å². The highest BCUT2D eigenvalue weighted by Crippen LogP contribution is 2.29. The van der Waals surface area contributed by atoms with Crippen molar-refractivity contribution in [1.29, 1.82) is 0 Å². The lowest BCUT2D eigenvalue weighted by atomic mass is 10.0. The number of hydrogen-bond acceptors (Lipinski definition) is 6. The molecule has 0 saturated carbocycles. The molecular weight excluding hydrogens is 292 g/mol. The lowest BCUT2D eigenvalue weighted by Crippen LogP contribution is -2.57. The number of unbranched alkanes of at least 4 members (excludes halogenated alkanes) is 6. The molecule has 5 nitrogen and oxygen atoms in total. The minimum absolute atomic E-state index is 0.362. The summed E-state index contributed by atoms with van der Waals surface area (Å²) < 4.78 is 5.44. The summed E-state index contributed by atoms with van der Waals surface area (Å²) in [5.41, 5.74) is -0.583. The smallest absolute Gasteiger partial charge is 0.132 e. The van der Waals surface area contributed by atoms with Gasteiger partial charge in [-0.2, -0.15) is 0 Å². The van der Waals surface area contributed by atoms with Gasteiger partial charge in [-0.15, -0.1) is 11.8 Å². The van der Waals surface area contributed by atoms with Crippen molar-refractivity contribution < 1.29 is 25.2 Å². The van der Waals surface area contributed by atoms with Gasteiger partial charge in [0.15, 0.2) is 0 Å². The van der Waals surface area contributed by atoms with E-state index in [0.29, 0.717) is 0 Å². The lowest BCUT2D eigenvalue weighted by molar-refractivity contribution is -0.205. The first-order chi connectivity index (χ1) is 10.1. The maximum atomic E-state index is 9.88. The molecule has 0 spiro atoms. The van der Waals surface area contributed by atoms with Crippen molar-refractivity contribution >= 4 is 11.8 Å². The second-order valence-electron chi connectivity index (χ2n) is 5.69. The van der Waals surface area contributed by atoms with E-state index in [-0.39, 0.29) is 6.61 Å². The average molecular weight is 322 g/mol. The van der Waals surface area contributed by atoms with Gasteiger partial charge >= 0.3 is 0 Å². The zero-order valence-corrected chi connectivity index (χ0v) is 13.7. The molecule has 6 heteroatoms. The number of thioether (sulfide) groups is 1. The van der Waals surface area contributed by atoms with Crippen molar-refractivity contribution in [2.24, 2.45) is 0 Å². The van der Waals surface area contributed by atoms with Crippen molar-refractivity contribution in [3.8, 4) is 0 Å². The first-order valence-electron chi connectivity index (χ1n) is 8.04. The van der Waals surface area contributed by atoms with E-state index >= 15 is 0 Å². The van der Waals surface area contributed by atoms with Crippen molar-refractivity contribution in [3.63, 3.8) is 0 Å². The normalized spacial score (nSPS) is 33.3. The van der Waals surface area contributed by atoms with Gasteiger partial charge in [0.1, 0.15) is 29.9 Å². The molecule has 0 aromatic rings. The van der Waals surface area contributed by atoms with Gasteiger partial charge in [-0.05, 0) is 12.2 Å². The summed E-state index contributed by atoms with van der Waals surface area (Å²) in [6, 6.07) is 0. The van der Waals surface area contributed by atoms with Crippen molar-refractivity contribution in [3.05, 3.63) is 0 Å². The summed E-state index contributed by atoms with van der Waals surface area (Å²) in [5.74, 6) is 0.844. The molecule has 0 radical (unpaired) electrons. The molecule has 21 heavy (non-hydrogen) atoms. The minimum atomic E-state index is -1.26. The van der Waals surface area contributed by atoms with Gasteiger partial charge in [-0.1, -0.05) is 45.4 Å². The van der Waals surface area contributed by atoms with Crippen LogP contribution in [-0.4, -0.2) is 62.6 Å². The fourth-order valence-corrected chi connectivity index (χ4v) is 3.65. The van der Waals surface area contributed by atoms with Crippen molar-refractivity contribution in [1.82, 2.24) is 0 Å². The Labute approximate surface area is 131 Å². The Morgan fingerprint density at radius 3 is 2.10 bits per heavy atom. The van der Waals surface area contributed by atoms with Crippen LogP contribution in [0.25, 0.3) is 0 Å². The molecule has 4 N–H and O–H groups in total. The highest BCUT2D eigenvalue weighted by atomic mass is 32.2. The summed E-state index contributed by atoms with van der Waals surface area (Å²) in [4.78, 5) is 0. The molecule has 1 fully saturated rings. The van der Waals surface area contributed by atoms with Gasteiger partial charge in [0.25, 0.3) is 0 Å². The van der Waals surface area contributed by atoms with Crippen LogP contribution in [0.15, 0.2) is 0 Å². The third-order valence-corrected chi connectivity index (χ3v) is 5.12. The Bertz CT molecular complexity index is 264. The van der Waals surface area contributed by atoms with E-state index < -0.39 is 29.9 Å². The maximum Gasteiger partial charge on any atom is 0.132 e. The Morgan fingerprint density at radius 1 is 0.857 bits per heavy atom. The molecule has 0 bridgehead atoms. The van der Waals surface area contributed by atoms with Crippen molar-refractivity contribution in [2.75, 3.05) is 12.4 Å². The predicted molar refractivity (Wildman–Crippen MR) is 84.2 cm³/mol. The monoisotopic (exact) mass is 322 g/mol. The minimum Gasteiger partial charge on any atom is -0.394 e. The van der Waals surface area contributed by atoms with E-state index in [2.05, 4.69) is 6.92 Å². The van der Waals surface area contributed by atoms with Crippen LogP contribution in [0.4, 0.5) is 0 Å². The van der Waals surface area contributed by atoms with Crippen LogP contribution < -0.4 is 0 Å². The maximum absolute atomic E-state index is 9.88. The van der Waals surface area contributed by atoms with Gasteiger partial charge in [-0.3, -0.25) is 0 Å². The summed E-state index contributed by atoms with van der Waals surface area (Å²) in [5, 5.41) is 38.4. The molecule has 0 aromatic carbocycles. The van der Waals surface area contributed by atoms with Gasteiger partial charge in [0, 0.05) is 0 Å². The Balaban J connectivity index is 2.16. The molecule has 1 heterocycles. The topological polar surface area (TPSA) is 90.2 Å². The summed E-state index contributed by atoms with van der Waals surface area (Å²) >= 11 is 1.44. The third kappa shape index (κ3) is 6.42. The number of aliphatic hydroxyl groups excluding tert-OH is 4. The molecule has 0 aliphatic carbocycles. The molecule has 0 aromatic heterocycles. The quantitative estimate of drug-likeness (QED) is 0.453. The fourth-order valence-electron chi connectivity index (χ4n) is 2.46. The number of aliphatic hydroxyl groups is 4. The third-order valence-electron chi connectivity index (χ3n) is 3.88. The van der Waals surface area contributed by atoms with Crippen LogP contribution in [0.5, 0.6) is 0 Å². The number of hydrogen-bond donors (Lipinski definition) is 4. The van der Waals surface area contributed by atoms with E-state index in [0.717, 1.165) is 18.6 Å². The van der Waals surface area contributed by atoms with Crippen LogP contribution >= 0.6 is 11.8 Å². The Kier molecular flexibility index (Phi) is 9.88. The highest BCUT2D eigenvalue weighted by Gasteiger charge is 2.43. The van der Waals surface area contributed by atoms with E-state index in [4.69, 9.17) is 9.84 Å². The van der Waals surface area contributed by atoms with Crippen LogP contribution in [0, 0.1) is 0 Å². The van der Waals surface area contributed by atoms with E-state index in [1.807, 2.05) is 0 Å². The first-order valence-corrected chi connectivity index (χ1v) is 9.08. The predicted octanol–water partition coefficient (Wildman–Crippen LogP) is 1.27. The van der Waals surface area contributed by atoms with E-state index in [1.54, 1.807) is 0 Å². The molecule has 126 valence electrons. The molecule has 1 aliphatic heterocycles. The fraction of sp³-hybridized carbons (Fsp3) is 1.00. The zero-order valence-electron chi connectivity index (χ0n) is 12.9. The second-order valence-corrected chi connectivity index (χ2v) is 6.90. The van der Waals surface area contributed by atoms with E-state index in [9.17, 15) is 15.3 Å². The SMILES string of the molecule is CCCCCCCCCSC1O[C@H](CO)[C@@H](O)[C@H](O)[C@H]1O. The molecule has 1 rings (SSSR count). The highest BCUT2D eigenvalue weighted by molar-refractivity contribution is 7.99. The largest absolute Gasteiger partial charge is 0.394 e. The first kappa shape index (κ1) is 19.2. The zero-order chi connectivity index (χ0) is 15.7. The Morgan fingerprint density at radius 2 is 1.48 bits per heavy atom. The van der Waals surface area contributed by atoms with Crippen LogP contribution in [0.1, 0.15) is 51.9 Å². The second kappa shape index (κ2) is 10.8. The van der Waals surface area contributed by atoms with Gasteiger partial charge in [0.2, 0.25) is 0 Å². The number of ether oxygens (including phenoxy) is 1. The van der Waals surface area contributed by atoms with Crippen molar-refractivity contribution in [2.45, 2.75) is 81.7 Å².